The normalized spacial score (nSPS) is 13.7. The average Bonchev–Trinajstić information content (AvgIpc) is 3.32. The number of benzene rings is 1. The summed E-state index contributed by atoms with van der Waals surface area (Å²) in [7, 11) is 0. The first-order chi connectivity index (χ1) is 13.5. The smallest absolute Gasteiger partial charge is 0.208 e. The first-order valence-electron chi connectivity index (χ1n) is 9.15. The molecule has 3 aromatic rings. The molecule has 1 fully saturated rings. The minimum Gasteiger partial charge on any atom is -0.486 e. The van der Waals surface area contributed by atoms with E-state index in [9.17, 15) is 4.79 Å². The molecule has 8 heteroatoms. The molecule has 2 heterocycles. The first-order valence-corrected chi connectivity index (χ1v) is 10.5. The number of carbonyl (C=O) groups is 1. The van der Waals surface area contributed by atoms with Crippen molar-refractivity contribution >= 4 is 29.1 Å². The Morgan fingerprint density at radius 3 is 2.79 bits per heavy atom. The summed E-state index contributed by atoms with van der Waals surface area (Å²) in [6.45, 7) is 4.37. The predicted molar refractivity (Wildman–Crippen MR) is 109 cm³/mol. The molecule has 0 spiro atoms. The molecule has 4 rings (SSSR count). The van der Waals surface area contributed by atoms with Crippen LogP contribution in [0.2, 0.25) is 5.02 Å². The Kier molecular flexibility index (Phi) is 5.46. The molecule has 1 aromatic carbocycles. The topological polar surface area (TPSA) is 72.8 Å². The highest BCUT2D eigenvalue weighted by molar-refractivity contribution is 7.99. The number of aromatic nitrogens is 4. The summed E-state index contributed by atoms with van der Waals surface area (Å²) in [5, 5.41) is 8.21. The number of rotatable bonds is 8. The van der Waals surface area contributed by atoms with E-state index in [0.717, 1.165) is 17.0 Å². The van der Waals surface area contributed by atoms with Gasteiger partial charge in [-0.3, -0.25) is 9.89 Å². The molecule has 2 aromatic heterocycles. The maximum absolute atomic E-state index is 12.7. The Balaban J connectivity index is 1.32. The maximum Gasteiger partial charge on any atom is 0.208 e. The van der Waals surface area contributed by atoms with Crippen molar-refractivity contribution in [2.24, 2.45) is 0 Å². The van der Waals surface area contributed by atoms with Crippen LogP contribution < -0.4 is 4.74 Å². The molecule has 0 saturated heterocycles. The van der Waals surface area contributed by atoms with E-state index in [0.29, 0.717) is 33.5 Å². The van der Waals surface area contributed by atoms with Crippen LogP contribution in [-0.4, -0.2) is 31.3 Å². The summed E-state index contributed by atoms with van der Waals surface area (Å²) in [6, 6.07) is 9.70. The van der Waals surface area contributed by atoms with E-state index in [4.69, 9.17) is 16.3 Å². The van der Waals surface area contributed by atoms with Crippen molar-refractivity contribution < 1.29 is 9.53 Å². The third kappa shape index (κ3) is 4.25. The van der Waals surface area contributed by atoms with Crippen LogP contribution in [-0.2, 0) is 6.61 Å². The van der Waals surface area contributed by atoms with Gasteiger partial charge in [-0.05, 0) is 57.0 Å². The van der Waals surface area contributed by atoms with Crippen LogP contribution in [0.25, 0.3) is 0 Å². The fraction of sp³-hybridized carbons (Fsp3) is 0.350. The average molecular weight is 417 g/mol. The van der Waals surface area contributed by atoms with Crippen molar-refractivity contribution in [3.8, 4) is 5.75 Å². The first kappa shape index (κ1) is 19.1. The van der Waals surface area contributed by atoms with Gasteiger partial charge in [-0.2, -0.15) is 0 Å². The molecule has 28 heavy (non-hydrogen) atoms. The van der Waals surface area contributed by atoms with Crippen molar-refractivity contribution in [3.05, 3.63) is 58.1 Å². The number of carbonyl (C=O) groups excluding carboxylic acids is 1. The summed E-state index contributed by atoms with van der Waals surface area (Å²) in [5.41, 5.74) is 3.03. The van der Waals surface area contributed by atoms with E-state index in [1.165, 1.54) is 24.6 Å². The Bertz CT molecular complexity index is 992. The molecular formula is C20H21ClN4O2S. The molecule has 0 radical (unpaired) electrons. The summed E-state index contributed by atoms with van der Waals surface area (Å²) >= 11 is 7.19. The number of aryl methyl sites for hydroxylation is 1. The summed E-state index contributed by atoms with van der Waals surface area (Å²) in [4.78, 5) is 17.0. The van der Waals surface area contributed by atoms with Crippen molar-refractivity contribution in [1.82, 2.24) is 19.7 Å². The zero-order valence-corrected chi connectivity index (χ0v) is 17.3. The summed E-state index contributed by atoms with van der Waals surface area (Å²) in [6.07, 6.45) is 2.41. The lowest BCUT2D eigenvalue weighted by Gasteiger charge is -2.07. The lowest BCUT2D eigenvalue weighted by Crippen LogP contribution is -2.06. The van der Waals surface area contributed by atoms with Crippen molar-refractivity contribution in [3.63, 3.8) is 0 Å². The van der Waals surface area contributed by atoms with Crippen molar-refractivity contribution in [2.75, 3.05) is 5.75 Å². The monoisotopic (exact) mass is 416 g/mol. The van der Waals surface area contributed by atoms with Crippen LogP contribution in [0.4, 0.5) is 0 Å². The Morgan fingerprint density at radius 2 is 2.07 bits per heavy atom. The van der Waals surface area contributed by atoms with Crippen LogP contribution in [0.5, 0.6) is 5.75 Å². The Morgan fingerprint density at radius 1 is 1.32 bits per heavy atom. The number of thioether (sulfide) groups is 1. The van der Waals surface area contributed by atoms with Crippen LogP contribution in [0.3, 0.4) is 0 Å². The molecule has 146 valence electrons. The van der Waals surface area contributed by atoms with Crippen LogP contribution in [0.15, 0.2) is 35.5 Å². The van der Waals surface area contributed by atoms with Gasteiger partial charge in [-0.25, -0.2) is 4.98 Å². The number of ether oxygens (including phenoxy) is 1. The largest absolute Gasteiger partial charge is 0.486 e. The molecule has 6 nitrogen and oxygen atoms in total. The highest BCUT2D eigenvalue weighted by atomic mass is 35.5. The minimum atomic E-state index is 0.105. The zero-order valence-electron chi connectivity index (χ0n) is 15.7. The highest BCUT2D eigenvalue weighted by Gasteiger charge is 2.28. The van der Waals surface area contributed by atoms with Crippen molar-refractivity contribution in [2.45, 2.75) is 44.5 Å². The van der Waals surface area contributed by atoms with Gasteiger partial charge in [0.1, 0.15) is 12.4 Å². The molecule has 0 bridgehead atoms. The highest BCUT2D eigenvalue weighted by Crippen LogP contribution is 2.38. The van der Waals surface area contributed by atoms with Gasteiger partial charge in [-0.15, -0.1) is 5.10 Å². The Hall–Kier alpha value is -2.25. The van der Waals surface area contributed by atoms with Crippen LogP contribution >= 0.6 is 23.4 Å². The number of nitrogens with one attached hydrogen (secondary N) is 1. The second-order valence-electron chi connectivity index (χ2n) is 6.91. The lowest BCUT2D eigenvalue weighted by atomic mass is 10.2. The fourth-order valence-corrected chi connectivity index (χ4v) is 4.08. The number of aromatic amines is 1. The predicted octanol–water partition coefficient (Wildman–Crippen LogP) is 4.77. The van der Waals surface area contributed by atoms with E-state index in [2.05, 4.69) is 26.7 Å². The lowest BCUT2D eigenvalue weighted by molar-refractivity contribution is 0.102. The molecule has 1 saturated carbocycles. The zero-order chi connectivity index (χ0) is 19.7. The third-order valence-corrected chi connectivity index (χ3v) is 5.83. The van der Waals surface area contributed by atoms with E-state index in [-0.39, 0.29) is 12.4 Å². The molecule has 1 aliphatic rings. The number of hydrogen-bond acceptors (Lipinski definition) is 5. The molecule has 0 aliphatic heterocycles. The second kappa shape index (κ2) is 8.01. The number of hydrogen-bond donors (Lipinski definition) is 1. The Labute approximate surface area is 172 Å². The minimum absolute atomic E-state index is 0.105. The van der Waals surface area contributed by atoms with Gasteiger partial charge in [0.05, 0.1) is 5.75 Å². The van der Waals surface area contributed by atoms with Gasteiger partial charge < -0.3 is 9.30 Å². The van der Waals surface area contributed by atoms with Crippen LogP contribution in [0.1, 0.15) is 46.5 Å². The van der Waals surface area contributed by atoms with E-state index in [1.54, 1.807) is 24.3 Å². The molecule has 1 aliphatic carbocycles. The molecule has 0 amide bonds. The van der Waals surface area contributed by atoms with Gasteiger partial charge in [0, 0.05) is 28.0 Å². The van der Waals surface area contributed by atoms with E-state index < -0.39 is 0 Å². The van der Waals surface area contributed by atoms with Gasteiger partial charge in [0.25, 0.3) is 0 Å². The standard InChI is InChI=1S/C20H21ClN4O2S/c1-12-9-17(13(2)25(12)15-5-6-15)18(26)11-28-20-22-19(23-24-20)10-27-16-7-3-14(21)4-8-16/h3-4,7-9,15H,5-6,10-11H2,1-2H3,(H,22,23,24). The van der Waals surface area contributed by atoms with Gasteiger partial charge in [0.15, 0.2) is 11.6 Å². The number of H-pyrrole nitrogens is 1. The maximum atomic E-state index is 12.7. The van der Waals surface area contributed by atoms with Gasteiger partial charge in [-0.1, -0.05) is 23.4 Å². The SMILES string of the molecule is Cc1cc(C(=O)CSc2n[nH]c(COc3ccc(Cl)cc3)n2)c(C)n1C1CC1. The van der Waals surface area contributed by atoms with E-state index in [1.807, 2.05) is 13.0 Å². The summed E-state index contributed by atoms with van der Waals surface area (Å²) < 4.78 is 7.93. The van der Waals surface area contributed by atoms with E-state index >= 15 is 0 Å². The number of halogens is 1. The number of nitrogens with zero attached hydrogens (tertiary/aromatic N) is 3. The molecule has 1 N–H and O–H groups in total. The molecule has 0 unspecified atom stereocenters. The quantitative estimate of drug-likeness (QED) is 0.423. The third-order valence-electron chi connectivity index (χ3n) is 4.73. The summed E-state index contributed by atoms with van der Waals surface area (Å²) in [5.74, 6) is 1.73. The second-order valence-corrected chi connectivity index (χ2v) is 8.28. The number of ketones is 1. The number of Topliss-reactive ketones (excluding diaryl/α,β-unsaturated/α-hetero) is 1. The van der Waals surface area contributed by atoms with Gasteiger partial charge >= 0.3 is 0 Å². The molecular weight excluding hydrogens is 396 g/mol. The van der Waals surface area contributed by atoms with Crippen LogP contribution in [0, 0.1) is 13.8 Å². The van der Waals surface area contributed by atoms with Crippen molar-refractivity contribution in [1.29, 1.82) is 0 Å². The van der Waals surface area contributed by atoms with Gasteiger partial charge in [0.2, 0.25) is 5.16 Å². The fourth-order valence-electron chi connectivity index (χ4n) is 3.25. The molecule has 0 atom stereocenters.